The van der Waals surface area contributed by atoms with Crippen LogP contribution in [0.1, 0.15) is 21.9 Å². The van der Waals surface area contributed by atoms with Gasteiger partial charge in [0, 0.05) is 15.7 Å². The molecule has 3 N–H and O–H groups in total. The van der Waals surface area contributed by atoms with Crippen molar-refractivity contribution in [3.63, 3.8) is 0 Å². The summed E-state index contributed by atoms with van der Waals surface area (Å²) in [6.45, 7) is 2.23. The molecule has 0 aliphatic rings. The molecular formula is C13H13BrN2O2. The second-order valence-corrected chi connectivity index (χ2v) is 4.79. The van der Waals surface area contributed by atoms with Gasteiger partial charge in [0.15, 0.2) is 0 Å². The van der Waals surface area contributed by atoms with Crippen LogP contribution in [0.2, 0.25) is 0 Å². The normalized spacial score (nSPS) is 10.3. The van der Waals surface area contributed by atoms with Crippen molar-refractivity contribution in [1.29, 1.82) is 0 Å². The Labute approximate surface area is 113 Å². The van der Waals surface area contributed by atoms with Gasteiger partial charge in [-0.2, -0.15) is 0 Å². The molecule has 1 aromatic carbocycles. The molecule has 0 saturated heterocycles. The van der Waals surface area contributed by atoms with Crippen LogP contribution in [0.3, 0.4) is 0 Å². The molecule has 18 heavy (non-hydrogen) atoms. The molecular weight excluding hydrogens is 296 g/mol. The fraction of sp³-hybridized carbons (Fsp3) is 0.154. The Morgan fingerprint density at radius 3 is 2.78 bits per heavy atom. The number of hydrogen-bond donors (Lipinski definition) is 2. The fourth-order valence-corrected chi connectivity index (χ4v) is 1.90. The second-order valence-electron chi connectivity index (χ2n) is 3.93. The third-order valence-electron chi connectivity index (χ3n) is 2.48. The third-order valence-corrected chi connectivity index (χ3v) is 3.17. The summed E-state index contributed by atoms with van der Waals surface area (Å²) < 4.78 is 6.08. The maximum Gasteiger partial charge on any atom is 0.251 e. The average Bonchev–Trinajstić information content (AvgIpc) is 2.75. The maximum absolute atomic E-state index is 11.9. The number of anilines is 1. The number of carbonyl (C=O) groups is 1. The van der Waals surface area contributed by atoms with E-state index in [4.69, 9.17) is 10.2 Å². The summed E-state index contributed by atoms with van der Waals surface area (Å²) in [4.78, 5) is 11.9. The van der Waals surface area contributed by atoms with E-state index in [9.17, 15) is 4.79 Å². The Morgan fingerprint density at radius 2 is 2.17 bits per heavy atom. The second kappa shape index (κ2) is 5.27. The first-order chi connectivity index (χ1) is 8.56. The zero-order chi connectivity index (χ0) is 13.1. The summed E-state index contributed by atoms with van der Waals surface area (Å²) in [6.07, 6.45) is 0. The van der Waals surface area contributed by atoms with Crippen molar-refractivity contribution >= 4 is 27.5 Å². The summed E-state index contributed by atoms with van der Waals surface area (Å²) in [5, 5.41) is 2.78. The Bertz CT molecular complexity index is 578. The standard InChI is InChI=1S/C13H13BrN2O2/c1-8-2-4-10(18-8)7-16-13(17)9-3-5-12(15)11(14)6-9/h2-6H,7,15H2,1H3,(H,16,17). The minimum Gasteiger partial charge on any atom is -0.465 e. The largest absolute Gasteiger partial charge is 0.465 e. The fourth-order valence-electron chi connectivity index (χ4n) is 1.52. The molecule has 1 amide bonds. The van der Waals surface area contributed by atoms with Crippen molar-refractivity contribution in [3.05, 3.63) is 51.9 Å². The summed E-state index contributed by atoms with van der Waals surface area (Å²) in [5.41, 5.74) is 6.82. The lowest BCUT2D eigenvalue weighted by Gasteiger charge is -2.05. The molecule has 0 saturated carbocycles. The monoisotopic (exact) mass is 308 g/mol. The SMILES string of the molecule is Cc1ccc(CNC(=O)c2ccc(N)c(Br)c2)o1. The lowest BCUT2D eigenvalue weighted by molar-refractivity contribution is 0.0948. The van der Waals surface area contributed by atoms with Crippen LogP contribution in [0.4, 0.5) is 5.69 Å². The van der Waals surface area contributed by atoms with E-state index >= 15 is 0 Å². The van der Waals surface area contributed by atoms with E-state index in [1.54, 1.807) is 18.2 Å². The van der Waals surface area contributed by atoms with Crippen molar-refractivity contribution in [2.75, 3.05) is 5.73 Å². The van der Waals surface area contributed by atoms with Crippen molar-refractivity contribution in [3.8, 4) is 0 Å². The highest BCUT2D eigenvalue weighted by atomic mass is 79.9. The molecule has 0 unspecified atom stereocenters. The summed E-state index contributed by atoms with van der Waals surface area (Å²) in [6, 6.07) is 8.77. The molecule has 4 nitrogen and oxygen atoms in total. The van der Waals surface area contributed by atoms with Gasteiger partial charge >= 0.3 is 0 Å². The molecule has 0 aliphatic heterocycles. The number of nitrogen functional groups attached to an aromatic ring is 1. The van der Waals surface area contributed by atoms with Crippen LogP contribution in [0, 0.1) is 6.92 Å². The van der Waals surface area contributed by atoms with Gasteiger partial charge in [-0.05, 0) is 53.2 Å². The van der Waals surface area contributed by atoms with Crippen LogP contribution in [-0.2, 0) is 6.54 Å². The molecule has 94 valence electrons. The number of carbonyl (C=O) groups excluding carboxylic acids is 1. The highest BCUT2D eigenvalue weighted by molar-refractivity contribution is 9.10. The Balaban J connectivity index is 2.01. The van der Waals surface area contributed by atoms with Crippen LogP contribution in [0.5, 0.6) is 0 Å². The highest BCUT2D eigenvalue weighted by Crippen LogP contribution is 2.20. The van der Waals surface area contributed by atoms with Gasteiger partial charge in [-0.25, -0.2) is 0 Å². The lowest BCUT2D eigenvalue weighted by Crippen LogP contribution is -2.22. The van der Waals surface area contributed by atoms with Crippen LogP contribution in [-0.4, -0.2) is 5.91 Å². The van der Waals surface area contributed by atoms with Gasteiger partial charge in [0.1, 0.15) is 11.5 Å². The van der Waals surface area contributed by atoms with Gasteiger partial charge in [0.2, 0.25) is 0 Å². The van der Waals surface area contributed by atoms with Gasteiger partial charge < -0.3 is 15.5 Å². The molecule has 0 fully saturated rings. The minimum atomic E-state index is -0.162. The number of hydrogen-bond acceptors (Lipinski definition) is 3. The van der Waals surface area contributed by atoms with E-state index in [1.807, 2.05) is 19.1 Å². The number of halogens is 1. The number of nitrogens with two attached hydrogens (primary N) is 1. The van der Waals surface area contributed by atoms with Crippen LogP contribution >= 0.6 is 15.9 Å². The number of rotatable bonds is 3. The lowest BCUT2D eigenvalue weighted by atomic mass is 10.2. The van der Waals surface area contributed by atoms with Crippen LogP contribution in [0.15, 0.2) is 39.2 Å². The van der Waals surface area contributed by atoms with Gasteiger partial charge in [0.05, 0.1) is 6.54 Å². The Morgan fingerprint density at radius 1 is 1.39 bits per heavy atom. The van der Waals surface area contributed by atoms with E-state index in [1.165, 1.54) is 0 Å². The molecule has 0 atom stereocenters. The molecule has 1 heterocycles. The van der Waals surface area contributed by atoms with Gasteiger partial charge in [-0.1, -0.05) is 0 Å². The van der Waals surface area contributed by atoms with E-state index in [2.05, 4.69) is 21.2 Å². The van der Waals surface area contributed by atoms with Crippen molar-refractivity contribution in [1.82, 2.24) is 5.32 Å². The van der Waals surface area contributed by atoms with Crippen molar-refractivity contribution < 1.29 is 9.21 Å². The molecule has 0 radical (unpaired) electrons. The Kier molecular flexibility index (Phi) is 3.72. The average molecular weight is 309 g/mol. The number of benzene rings is 1. The molecule has 2 aromatic rings. The van der Waals surface area contributed by atoms with Gasteiger partial charge in [-0.3, -0.25) is 4.79 Å². The van der Waals surface area contributed by atoms with Gasteiger partial charge in [0.25, 0.3) is 5.91 Å². The maximum atomic E-state index is 11.9. The zero-order valence-electron chi connectivity index (χ0n) is 9.87. The molecule has 0 bridgehead atoms. The topological polar surface area (TPSA) is 68.3 Å². The number of amides is 1. The van der Waals surface area contributed by atoms with E-state index in [-0.39, 0.29) is 5.91 Å². The predicted molar refractivity (Wildman–Crippen MR) is 73.2 cm³/mol. The quantitative estimate of drug-likeness (QED) is 0.857. The molecule has 0 spiro atoms. The summed E-state index contributed by atoms with van der Waals surface area (Å²) in [7, 11) is 0. The molecule has 2 rings (SSSR count). The van der Waals surface area contributed by atoms with Crippen molar-refractivity contribution in [2.45, 2.75) is 13.5 Å². The first-order valence-corrected chi connectivity index (χ1v) is 6.24. The number of furan rings is 1. The molecule has 0 aliphatic carbocycles. The highest BCUT2D eigenvalue weighted by Gasteiger charge is 2.08. The van der Waals surface area contributed by atoms with Crippen molar-refractivity contribution in [2.24, 2.45) is 0 Å². The predicted octanol–water partition coefficient (Wildman–Crippen LogP) is 2.86. The molecule has 1 aromatic heterocycles. The van der Waals surface area contributed by atoms with E-state index in [0.717, 1.165) is 11.5 Å². The Hall–Kier alpha value is -1.75. The third kappa shape index (κ3) is 2.92. The number of nitrogens with one attached hydrogen (secondary N) is 1. The molecule has 5 heteroatoms. The number of aryl methyl sites for hydroxylation is 1. The van der Waals surface area contributed by atoms with Gasteiger partial charge in [-0.15, -0.1) is 0 Å². The zero-order valence-corrected chi connectivity index (χ0v) is 11.5. The minimum absolute atomic E-state index is 0.162. The summed E-state index contributed by atoms with van der Waals surface area (Å²) >= 11 is 3.29. The van der Waals surface area contributed by atoms with E-state index in [0.29, 0.717) is 22.3 Å². The smallest absolute Gasteiger partial charge is 0.251 e. The summed E-state index contributed by atoms with van der Waals surface area (Å²) in [5.74, 6) is 1.40. The first-order valence-electron chi connectivity index (χ1n) is 5.45. The van der Waals surface area contributed by atoms with E-state index < -0.39 is 0 Å². The van der Waals surface area contributed by atoms with Crippen LogP contribution in [0.25, 0.3) is 0 Å². The van der Waals surface area contributed by atoms with Crippen LogP contribution < -0.4 is 11.1 Å². The first kappa shape index (κ1) is 12.7.